The fourth-order valence-electron chi connectivity index (χ4n) is 3.06. The Morgan fingerprint density at radius 2 is 1.89 bits per heavy atom. The summed E-state index contributed by atoms with van der Waals surface area (Å²) in [6, 6.07) is 10.0. The number of aromatic nitrogens is 2. The number of hydrogen-bond donors (Lipinski definition) is 1. The van der Waals surface area contributed by atoms with Gasteiger partial charge in [-0.05, 0) is 50.8 Å². The van der Waals surface area contributed by atoms with Gasteiger partial charge in [0.05, 0.1) is 0 Å². The molecule has 1 saturated heterocycles. The number of benzene rings is 1. The van der Waals surface area contributed by atoms with E-state index in [0.717, 1.165) is 47.5 Å². The Hall–Kier alpha value is -2.08. The molecule has 1 aliphatic rings. The molecule has 1 aromatic carbocycles. The third-order valence-corrected chi connectivity index (χ3v) is 5.46. The van der Waals surface area contributed by atoms with Crippen LogP contribution in [0.1, 0.15) is 55.2 Å². The number of thioether (sulfide) groups is 1. The first-order chi connectivity index (χ1) is 13.0. The van der Waals surface area contributed by atoms with Gasteiger partial charge in [-0.25, -0.2) is 9.97 Å². The Morgan fingerprint density at radius 3 is 2.52 bits per heavy atom. The molecule has 0 unspecified atom stereocenters. The minimum atomic E-state index is -0.0292. The Bertz CT molecular complexity index is 770. The molecule has 0 bridgehead atoms. The van der Waals surface area contributed by atoms with E-state index in [1.807, 2.05) is 38.1 Å². The van der Waals surface area contributed by atoms with Gasteiger partial charge in [0.2, 0.25) is 0 Å². The number of anilines is 1. The van der Waals surface area contributed by atoms with Crippen LogP contribution < -0.4 is 10.2 Å². The molecule has 1 aliphatic heterocycles. The zero-order valence-corrected chi connectivity index (χ0v) is 17.2. The largest absolute Gasteiger partial charge is 0.356 e. The Kier molecular flexibility index (Phi) is 6.72. The molecule has 3 rings (SSSR count). The lowest BCUT2D eigenvalue weighted by Crippen LogP contribution is -2.29. The number of carbonyl (C=O) groups excluding carboxylic acids is 1. The average molecular weight is 385 g/mol. The van der Waals surface area contributed by atoms with E-state index in [9.17, 15) is 4.79 Å². The maximum atomic E-state index is 12.0. The molecule has 27 heavy (non-hydrogen) atoms. The first-order valence-corrected chi connectivity index (χ1v) is 10.7. The topological polar surface area (TPSA) is 58.1 Å². The normalized spacial score (nSPS) is 14.0. The van der Waals surface area contributed by atoms with Gasteiger partial charge < -0.3 is 10.2 Å². The van der Waals surface area contributed by atoms with Crippen molar-refractivity contribution in [2.75, 3.05) is 18.0 Å². The van der Waals surface area contributed by atoms with Gasteiger partial charge in [0.15, 0.2) is 5.16 Å². The first kappa shape index (κ1) is 19.7. The van der Waals surface area contributed by atoms with Crippen LogP contribution in [0.3, 0.4) is 0 Å². The van der Waals surface area contributed by atoms with Crippen LogP contribution in [-0.2, 0) is 12.2 Å². The summed E-state index contributed by atoms with van der Waals surface area (Å²) in [7, 11) is 0. The average Bonchev–Trinajstić information content (AvgIpc) is 3.21. The van der Waals surface area contributed by atoms with Crippen molar-refractivity contribution in [2.45, 2.75) is 57.0 Å². The molecule has 6 heteroatoms. The van der Waals surface area contributed by atoms with Gasteiger partial charge in [0, 0.05) is 42.2 Å². The Balaban J connectivity index is 1.65. The van der Waals surface area contributed by atoms with Crippen LogP contribution in [0.5, 0.6) is 0 Å². The van der Waals surface area contributed by atoms with Crippen LogP contribution in [-0.4, -0.2) is 35.0 Å². The third kappa shape index (κ3) is 5.45. The number of aryl methyl sites for hydroxylation is 1. The summed E-state index contributed by atoms with van der Waals surface area (Å²) in [5.74, 6) is 1.82. The van der Waals surface area contributed by atoms with E-state index in [1.165, 1.54) is 12.8 Å². The van der Waals surface area contributed by atoms with Gasteiger partial charge in [0.1, 0.15) is 5.82 Å². The number of hydrogen-bond acceptors (Lipinski definition) is 5. The van der Waals surface area contributed by atoms with Crippen molar-refractivity contribution in [1.29, 1.82) is 0 Å². The summed E-state index contributed by atoms with van der Waals surface area (Å²) in [4.78, 5) is 23.8. The van der Waals surface area contributed by atoms with E-state index >= 15 is 0 Å². The highest BCUT2D eigenvalue weighted by molar-refractivity contribution is 7.98. The summed E-state index contributed by atoms with van der Waals surface area (Å²) < 4.78 is 0. The SMILES string of the molecule is CCc1cc(N2CCCC2)nc(SCc2ccc(C(=O)NC(C)C)cc2)n1. The predicted molar refractivity (Wildman–Crippen MR) is 111 cm³/mol. The fourth-order valence-corrected chi connectivity index (χ4v) is 3.89. The summed E-state index contributed by atoms with van der Waals surface area (Å²) in [5.41, 5.74) is 2.95. The fraction of sp³-hybridized carbons (Fsp3) is 0.476. The summed E-state index contributed by atoms with van der Waals surface area (Å²) in [5, 5.41) is 3.74. The van der Waals surface area contributed by atoms with Crippen molar-refractivity contribution in [3.8, 4) is 0 Å². The van der Waals surface area contributed by atoms with Gasteiger partial charge in [0.25, 0.3) is 5.91 Å². The van der Waals surface area contributed by atoms with Crippen LogP contribution in [0.25, 0.3) is 0 Å². The summed E-state index contributed by atoms with van der Waals surface area (Å²) in [6.45, 7) is 8.23. The molecule has 1 amide bonds. The van der Waals surface area contributed by atoms with Crippen LogP contribution in [0.4, 0.5) is 5.82 Å². The monoisotopic (exact) mass is 384 g/mol. The lowest BCUT2D eigenvalue weighted by Gasteiger charge is -2.17. The van der Waals surface area contributed by atoms with E-state index in [1.54, 1.807) is 11.8 Å². The van der Waals surface area contributed by atoms with Crippen LogP contribution >= 0.6 is 11.8 Å². The summed E-state index contributed by atoms with van der Waals surface area (Å²) >= 11 is 1.65. The highest BCUT2D eigenvalue weighted by Crippen LogP contribution is 2.25. The van der Waals surface area contributed by atoms with Gasteiger partial charge in [-0.1, -0.05) is 30.8 Å². The zero-order valence-electron chi connectivity index (χ0n) is 16.4. The number of carbonyl (C=O) groups is 1. The zero-order chi connectivity index (χ0) is 19.2. The van der Waals surface area contributed by atoms with Crippen LogP contribution in [0.15, 0.2) is 35.5 Å². The highest BCUT2D eigenvalue weighted by atomic mass is 32.2. The van der Waals surface area contributed by atoms with E-state index in [0.29, 0.717) is 5.56 Å². The smallest absolute Gasteiger partial charge is 0.251 e. The van der Waals surface area contributed by atoms with E-state index in [2.05, 4.69) is 28.2 Å². The molecule has 1 aromatic heterocycles. The van der Waals surface area contributed by atoms with E-state index in [-0.39, 0.29) is 11.9 Å². The summed E-state index contributed by atoms with van der Waals surface area (Å²) in [6.07, 6.45) is 3.39. The van der Waals surface area contributed by atoms with E-state index in [4.69, 9.17) is 4.98 Å². The Morgan fingerprint density at radius 1 is 1.19 bits per heavy atom. The molecule has 1 N–H and O–H groups in total. The molecule has 0 saturated carbocycles. The molecule has 144 valence electrons. The van der Waals surface area contributed by atoms with Crippen LogP contribution in [0, 0.1) is 0 Å². The second-order valence-corrected chi connectivity index (χ2v) is 8.10. The van der Waals surface area contributed by atoms with Crippen molar-refractivity contribution in [3.63, 3.8) is 0 Å². The van der Waals surface area contributed by atoms with Crippen molar-refractivity contribution in [3.05, 3.63) is 47.2 Å². The molecule has 5 nitrogen and oxygen atoms in total. The lowest BCUT2D eigenvalue weighted by molar-refractivity contribution is 0.0943. The van der Waals surface area contributed by atoms with Crippen molar-refractivity contribution in [2.24, 2.45) is 0 Å². The molecule has 0 radical (unpaired) electrons. The maximum Gasteiger partial charge on any atom is 0.251 e. The van der Waals surface area contributed by atoms with Gasteiger partial charge in [-0.3, -0.25) is 4.79 Å². The van der Waals surface area contributed by atoms with Crippen LogP contribution in [0.2, 0.25) is 0 Å². The van der Waals surface area contributed by atoms with Gasteiger partial charge in [-0.2, -0.15) is 0 Å². The first-order valence-electron chi connectivity index (χ1n) is 9.70. The Labute approximate surface area is 166 Å². The van der Waals surface area contributed by atoms with Crippen molar-refractivity contribution >= 4 is 23.5 Å². The quantitative estimate of drug-likeness (QED) is 0.576. The maximum absolute atomic E-state index is 12.0. The second-order valence-electron chi connectivity index (χ2n) is 7.16. The third-order valence-electron chi connectivity index (χ3n) is 4.54. The minimum Gasteiger partial charge on any atom is -0.356 e. The number of nitrogens with one attached hydrogen (secondary N) is 1. The highest BCUT2D eigenvalue weighted by Gasteiger charge is 2.16. The predicted octanol–water partition coefficient (Wildman–Crippen LogP) is 4.07. The molecule has 2 heterocycles. The molecule has 0 aliphatic carbocycles. The molecule has 2 aromatic rings. The van der Waals surface area contributed by atoms with E-state index < -0.39 is 0 Å². The second kappa shape index (κ2) is 9.22. The minimum absolute atomic E-state index is 0.0292. The number of rotatable bonds is 7. The van der Waals surface area contributed by atoms with Gasteiger partial charge in [-0.15, -0.1) is 0 Å². The molecular weight excluding hydrogens is 356 g/mol. The molecule has 1 fully saturated rings. The standard InChI is InChI=1S/C21H28N4OS/c1-4-18-13-19(25-11-5-6-12-25)24-21(23-18)27-14-16-7-9-17(10-8-16)20(26)22-15(2)3/h7-10,13,15H,4-6,11-12,14H2,1-3H3,(H,22,26). The number of nitrogens with zero attached hydrogens (tertiary/aromatic N) is 3. The van der Waals surface area contributed by atoms with Crippen molar-refractivity contribution in [1.82, 2.24) is 15.3 Å². The van der Waals surface area contributed by atoms with Gasteiger partial charge >= 0.3 is 0 Å². The number of amides is 1. The molecular formula is C21H28N4OS. The lowest BCUT2D eigenvalue weighted by atomic mass is 10.1. The molecule has 0 spiro atoms. The van der Waals surface area contributed by atoms with Crippen molar-refractivity contribution < 1.29 is 4.79 Å². The molecule has 0 atom stereocenters.